The Morgan fingerprint density at radius 3 is 2.86 bits per heavy atom. The summed E-state index contributed by atoms with van der Waals surface area (Å²) < 4.78 is 25.9. The topological polar surface area (TPSA) is 67.8 Å². The van der Waals surface area contributed by atoms with Gasteiger partial charge < -0.3 is 19.3 Å². The van der Waals surface area contributed by atoms with E-state index < -0.39 is 17.5 Å². The zero-order valence-electron chi connectivity index (χ0n) is 16.1. The molecular formula is C18H21BrClFN4O3. The number of hydrogen-bond acceptors (Lipinski definition) is 6. The van der Waals surface area contributed by atoms with Gasteiger partial charge in [-0.25, -0.2) is 19.2 Å². The van der Waals surface area contributed by atoms with Crippen LogP contribution < -0.4 is 9.64 Å². The lowest BCUT2D eigenvalue weighted by molar-refractivity contribution is 0.0303. The number of nitrogens with zero attached hydrogens (tertiary/aromatic N) is 4. The van der Waals surface area contributed by atoms with Crippen LogP contribution in [-0.4, -0.2) is 59.9 Å². The van der Waals surface area contributed by atoms with E-state index in [4.69, 9.17) is 21.1 Å². The first-order valence-electron chi connectivity index (χ1n) is 8.73. The molecule has 3 rings (SSSR count). The molecule has 0 spiro atoms. The van der Waals surface area contributed by atoms with E-state index in [1.54, 1.807) is 7.05 Å². The predicted octanol–water partition coefficient (Wildman–Crippen LogP) is 4.25. The molecule has 0 N–H and O–H groups in total. The molecule has 2 aromatic rings. The molecule has 0 aliphatic carbocycles. The molecule has 2 heterocycles. The molecule has 0 fully saturated rings. The van der Waals surface area contributed by atoms with Crippen molar-refractivity contribution in [2.24, 2.45) is 0 Å². The summed E-state index contributed by atoms with van der Waals surface area (Å²) in [7, 11) is 1.67. The number of ether oxygens (including phenoxy) is 2. The molecule has 1 aliphatic rings. The lowest BCUT2D eigenvalue weighted by Gasteiger charge is -2.27. The Kier molecular flexibility index (Phi) is 5.86. The number of carbonyl (C=O) groups is 1. The van der Waals surface area contributed by atoms with Crippen molar-refractivity contribution in [3.05, 3.63) is 21.6 Å². The highest BCUT2D eigenvalue weighted by molar-refractivity contribution is 9.10. The smallest absolute Gasteiger partial charge is 0.410 e. The highest BCUT2D eigenvalue weighted by Crippen LogP contribution is 2.44. The number of benzene rings is 1. The van der Waals surface area contributed by atoms with Gasteiger partial charge in [-0.2, -0.15) is 0 Å². The first-order chi connectivity index (χ1) is 13.1. The number of aromatic nitrogens is 2. The number of hydrogen-bond donors (Lipinski definition) is 0. The maximum absolute atomic E-state index is 14.7. The van der Waals surface area contributed by atoms with Gasteiger partial charge in [-0.05, 0) is 36.7 Å². The SMILES string of the molecule is CN(CCN1CCOc2c(Cl)c(Br)c(F)c3ncnc1c23)C(=O)OC(C)(C)C. The highest BCUT2D eigenvalue weighted by atomic mass is 79.9. The first-order valence-corrected chi connectivity index (χ1v) is 9.90. The summed E-state index contributed by atoms with van der Waals surface area (Å²) in [5.74, 6) is 0.302. The standard InChI is InChI=1S/C18H21BrClFN4O3/c1-18(2,3)28-17(26)24(4)5-6-25-7-8-27-15-10-14(22-9-23-16(10)25)13(21)11(19)12(15)20/h9H,5-8H2,1-4H3. The van der Waals surface area contributed by atoms with Crippen molar-refractivity contribution < 1.29 is 18.7 Å². The van der Waals surface area contributed by atoms with Crippen LogP contribution in [0, 0.1) is 5.82 Å². The summed E-state index contributed by atoms with van der Waals surface area (Å²) in [6, 6.07) is 0. The van der Waals surface area contributed by atoms with Crippen LogP contribution in [0.4, 0.5) is 15.0 Å². The molecule has 1 aromatic carbocycles. The van der Waals surface area contributed by atoms with Gasteiger partial charge in [0.25, 0.3) is 0 Å². The van der Waals surface area contributed by atoms with Gasteiger partial charge in [0.05, 0.1) is 16.4 Å². The zero-order valence-corrected chi connectivity index (χ0v) is 18.4. The van der Waals surface area contributed by atoms with Crippen molar-refractivity contribution in [1.29, 1.82) is 0 Å². The Balaban J connectivity index is 1.89. The third-order valence-corrected chi connectivity index (χ3v) is 5.50. The molecule has 0 atom stereocenters. The Morgan fingerprint density at radius 2 is 2.18 bits per heavy atom. The first kappa shape index (κ1) is 20.9. The van der Waals surface area contributed by atoms with Gasteiger partial charge in [-0.15, -0.1) is 0 Å². The van der Waals surface area contributed by atoms with E-state index in [1.165, 1.54) is 11.2 Å². The minimum absolute atomic E-state index is 0.111. The minimum Gasteiger partial charge on any atom is -0.489 e. The van der Waals surface area contributed by atoms with E-state index in [2.05, 4.69) is 25.9 Å². The van der Waals surface area contributed by atoms with Crippen molar-refractivity contribution >= 4 is 50.3 Å². The van der Waals surface area contributed by atoms with Crippen LogP contribution in [0.15, 0.2) is 10.8 Å². The molecule has 7 nitrogen and oxygen atoms in total. The Labute approximate surface area is 175 Å². The van der Waals surface area contributed by atoms with E-state index in [0.717, 1.165) is 0 Å². The van der Waals surface area contributed by atoms with Gasteiger partial charge in [-0.3, -0.25) is 0 Å². The third-order valence-electron chi connectivity index (χ3n) is 4.16. The molecule has 1 aliphatic heterocycles. The largest absolute Gasteiger partial charge is 0.489 e. The summed E-state index contributed by atoms with van der Waals surface area (Å²) in [6.07, 6.45) is 0.894. The molecular weight excluding hydrogens is 455 g/mol. The predicted molar refractivity (Wildman–Crippen MR) is 109 cm³/mol. The van der Waals surface area contributed by atoms with Gasteiger partial charge in [0, 0.05) is 20.1 Å². The molecule has 28 heavy (non-hydrogen) atoms. The number of likely N-dealkylation sites (N-methyl/N-ethyl adjacent to an activating group) is 1. The average Bonchev–Trinajstić information content (AvgIpc) is 2.81. The van der Waals surface area contributed by atoms with Crippen LogP contribution in [0.1, 0.15) is 20.8 Å². The van der Waals surface area contributed by atoms with Crippen molar-refractivity contribution in [3.63, 3.8) is 0 Å². The monoisotopic (exact) mass is 474 g/mol. The fourth-order valence-electron chi connectivity index (χ4n) is 2.82. The van der Waals surface area contributed by atoms with Gasteiger partial charge in [0.1, 0.15) is 34.9 Å². The fourth-order valence-corrected chi connectivity index (χ4v) is 3.42. The van der Waals surface area contributed by atoms with Crippen molar-refractivity contribution in [3.8, 4) is 5.75 Å². The van der Waals surface area contributed by atoms with Crippen molar-refractivity contribution in [2.75, 3.05) is 38.2 Å². The summed E-state index contributed by atoms with van der Waals surface area (Å²) in [5.41, 5.74) is -0.440. The second-order valence-corrected chi connectivity index (χ2v) is 8.60. The van der Waals surface area contributed by atoms with Gasteiger partial charge in [-0.1, -0.05) is 11.6 Å². The third kappa shape index (κ3) is 4.10. The second-order valence-electron chi connectivity index (χ2n) is 7.43. The molecule has 1 aromatic heterocycles. The van der Waals surface area contributed by atoms with Gasteiger partial charge in [0.2, 0.25) is 0 Å². The second kappa shape index (κ2) is 7.87. The van der Waals surface area contributed by atoms with Gasteiger partial charge in [0.15, 0.2) is 11.6 Å². The lowest BCUT2D eigenvalue weighted by atomic mass is 10.2. The molecule has 152 valence electrons. The molecule has 10 heteroatoms. The van der Waals surface area contributed by atoms with Crippen molar-refractivity contribution in [2.45, 2.75) is 26.4 Å². The molecule has 1 amide bonds. The number of carbonyl (C=O) groups excluding carboxylic acids is 1. The Morgan fingerprint density at radius 1 is 1.46 bits per heavy atom. The quantitative estimate of drug-likeness (QED) is 0.618. The van der Waals surface area contributed by atoms with Crippen LogP contribution in [-0.2, 0) is 4.74 Å². The average molecular weight is 476 g/mol. The number of halogens is 3. The lowest BCUT2D eigenvalue weighted by Crippen LogP contribution is -2.40. The fraction of sp³-hybridized carbons (Fsp3) is 0.500. The molecule has 0 saturated carbocycles. The highest BCUT2D eigenvalue weighted by Gasteiger charge is 2.27. The Bertz CT molecular complexity index is 922. The van der Waals surface area contributed by atoms with E-state index in [0.29, 0.717) is 43.2 Å². The molecule has 0 radical (unpaired) electrons. The maximum Gasteiger partial charge on any atom is 0.410 e. The van der Waals surface area contributed by atoms with Crippen molar-refractivity contribution in [1.82, 2.24) is 14.9 Å². The van der Waals surface area contributed by atoms with E-state index in [-0.39, 0.29) is 15.0 Å². The maximum atomic E-state index is 14.7. The van der Waals surface area contributed by atoms with Crippen LogP contribution in [0.2, 0.25) is 5.02 Å². The van der Waals surface area contributed by atoms with Gasteiger partial charge >= 0.3 is 6.09 Å². The number of anilines is 1. The molecule has 0 unspecified atom stereocenters. The minimum atomic E-state index is -0.568. The number of amides is 1. The molecule has 0 bridgehead atoms. The van der Waals surface area contributed by atoms with Crippen LogP contribution in [0.3, 0.4) is 0 Å². The van der Waals surface area contributed by atoms with Crippen LogP contribution >= 0.6 is 27.5 Å². The van der Waals surface area contributed by atoms with E-state index in [9.17, 15) is 9.18 Å². The van der Waals surface area contributed by atoms with Crippen LogP contribution in [0.5, 0.6) is 5.75 Å². The van der Waals surface area contributed by atoms with E-state index >= 15 is 0 Å². The summed E-state index contributed by atoms with van der Waals surface area (Å²) in [6.45, 7) is 7.13. The summed E-state index contributed by atoms with van der Waals surface area (Å²) in [5, 5.41) is 0.569. The zero-order chi connectivity index (χ0) is 20.6. The summed E-state index contributed by atoms with van der Waals surface area (Å²) in [4.78, 5) is 24.0. The summed E-state index contributed by atoms with van der Waals surface area (Å²) >= 11 is 9.43. The Hall–Kier alpha value is -1.87. The molecule has 0 saturated heterocycles. The van der Waals surface area contributed by atoms with Crippen LogP contribution in [0.25, 0.3) is 10.9 Å². The normalized spacial score (nSPS) is 13.9. The number of rotatable bonds is 3. The van der Waals surface area contributed by atoms with E-state index in [1.807, 2.05) is 25.7 Å².